The molecule has 2 nitrogen and oxygen atoms in total. The van der Waals surface area contributed by atoms with Crippen LogP contribution in [0, 0.1) is 0 Å². The van der Waals surface area contributed by atoms with Crippen LogP contribution < -0.4 is 5.32 Å². The van der Waals surface area contributed by atoms with Crippen molar-refractivity contribution in [3.8, 4) is 0 Å². The van der Waals surface area contributed by atoms with Crippen molar-refractivity contribution in [3.05, 3.63) is 20.8 Å². The van der Waals surface area contributed by atoms with Crippen LogP contribution in [0.1, 0.15) is 24.8 Å². The third kappa shape index (κ3) is 6.30. The molecule has 1 rings (SSSR count). The molecular formula is C11H18BrNOS. The summed E-state index contributed by atoms with van der Waals surface area (Å²) >= 11 is 5.20. The molecule has 15 heavy (non-hydrogen) atoms. The van der Waals surface area contributed by atoms with Crippen LogP contribution in [0.5, 0.6) is 0 Å². The highest BCUT2D eigenvalue weighted by molar-refractivity contribution is 9.11. The first kappa shape index (κ1) is 13.2. The van der Waals surface area contributed by atoms with Gasteiger partial charge in [-0.15, -0.1) is 11.3 Å². The second kappa shape index (κ2) is 8.28. The molecule has 0 amide bonds. The van der Waals surface area contributed by atoms with Gasteiger partial charge in [-0.2, -0.15) is 0 Å². The largest absolute Gasteiger partial charge is 0.385 e. The van der Waals surface area contributed by atoms with Crippen LogP contribution in [0.2, 0.25) is 0 Å². The maximum absolute atomic E-state index is 5.00. The summed E-state index contributed by atoms with van der Waals surface area (Å²) in [7, 11) is 1.76. The fourth-order valence-corrected chi connectivity index (χ4v) is 2.55. The summed E-state index contributed by atoms with van der Waals surface area (Å²) in [4.78, 5) is 0. The van der Waals surface area contributed by atoms with Gasteiger partial charge in [0.05, 0.1) is 3.79 Å². The fraction of sp³-hybridized carbons (Fsp3) is 0.636. The summed E-state index contributed by atoms with van der Waals surface area (Å²) in [5.41, 5.74) is 1.36. The summed E-state index contributed by atoms with van der Waals surface area (Å²) in [6.45, 7) is 2.96. The Kier molecular flexibility index (Phi) is 7.26. The molecule has 1 heterocycles. The quantitative estimate of drug-likeness (QED) is 0.741. The topological polar surface area (TPSA) is 21.3 Å². The van der Waals surface area contributed by atoms with Crippen LogP contribution in [0.15, 0.2) is 15.2 Å². The Labute approximate surface area is 104 Å². The third-order valence-electron chi connectivity index (χ3n) is 2.15. The maximum atomic E-state index is 5.00. The molecule has 0 unspecified atom stereocenters. The lowest BCUT2D eigenvalue weighted by Gasteiger charge is -2.02. The van der Waals surface area contributed by atoms with Gasteiger partial charge in [0.1, 0.15) is 0 Å². The van der Waals surface area contributed by atoms with Crippen LogP contribution >= 0.6 is 27.3 Å². The van der Waals surface area contributed by atoms with Crippen molar-refractivity contribution in [1.29, 1.82) is 0 Å². The van der Waals surface area contributed by atoms with Crippen molar-refractivity contribution in [2.45, 2.75) is 25.8 Å². The van der Waals surface area contributed by atoms with Crippen LogP contribution in [-0.2, 0) is 11.3 Å². The van der Waals surface area contributed by atoms with E-state index in [9.17, 15) is 0 Å². The SMILES string of the molecule is COCCCCCNCc1csc(Br)c1. The lowest BCUT2D eigenvalue weighted by molar-refractivity contribution is 0.192. The Morgan fingerprint density at radius 2 is 2.27 bits per heavy atom. The summed E-state index contributed by atoms with van der Waals surface area (Å²) in [6.07, 6.45) is 3.64. The molecule has 0 aliphatic rings. The highest BCUT2D eigenvalue weighted by atomic mass is 79.9. The number of unbranched alkanes of at least 4 members (excludes halogenated alkanes) is 2. The molecule has 0 atom stereocenters. The Morgan fingerprint density at radius 3 is 2.93 bits per heavy atom. The monoisotopic (exact) mass is 291 g/mol. The normalized spacial score (nSPS) is 10.8. The summed E-state index contributed by atoms with van der Waals surface area (Å²) in [5, 5.41) is 5.62. The van der Waals surface area contributed by atoms with Crippen LogP contribution in [0.4, 0.5) is 0 Å². The zero-order valence-corrected chi connectivity index (χ0v) is 11.5. The van der Waals surface area contributed by atoms with Gasteiger partial charge in [0, 0.05) is 20.3 Å². The molecule has 0 aliphatic carbocycles. The molecule has 1 aromatic rings. The minimum atomic E-state index is 0.886. The van der Waals surface area contributed by atoms with E-state index in [1.54, 1.807) is 18.4 Å². The smallest absolute Gasteiger partial charge is 0.0701 e. The first-order valence-corrected chi connectivity index (χ1v) is 6.93. The number of halogens is 1. The zero-order chi connectivity index (χ0) is 10.9. The Balaban J connectivity index is 1.93. The highest BCUT2D eigenvalue weighted by Gasteiger charge is 1.96. The van der Waals surface area contributed by atoms with E-state index in [4.69, 9.17) is 4.74 Å². The van der Waals surface area contributed by atoms with Gasteiger partial charge in [-0.05, 0) is 58.7 Å². The number of hydrogen-bond acceptors (Lipinski definition) is 3. The summed E-state index contributed by atoms with van der Waals surface area (Å²) in [6, 6.07) is 2.17. The van der Waals surface area contributed by atoms with Gasteiger partial charge in [-0.3, -0.25) is 0 Å². The molecule has 1 aromatic heterocycles. The van der Waals surface area contributed by atoms with Gasteiger partial charge in [0.15, 0.2) is 0 Å². The number of hydrogen-bond donors (Lipinski definition) is 1. The van der Waals surface area contributed by atoms with Gasteiger partial charge in [-0.25, -0.2) is 0 Å². The molecular weight excluding hydrogens is 274 g/mol. The van der Waals surface area contributed by atoms with Crippen molar-refractivity contribution < 1.29 is 4.74 Å². The van der Waals surface area contributed by atoms with Crippen LogP contribution in [0.25, 0.3) is 0 Å². The maximum Gasteiger partial charge on any atom is 0.0701 e. The number of ether oxygens (including phenoxy) is 1. The van der Waals surface area contributed by atoms with E-state index < -0.39 is 0 Å². The molecule has 0 radical (unpaired) electrons. The minimum absolute atomic E-state index is 0.886. The second-order valence-electron chi connectivity index (χ2n) is 3.49. The third-order valence-corrected chi connectivity index (χ3v) is 3.71. The first-order chi connectivity index (χ1) is 7.33. The van der Waals surface area contributed by atoms with E-state index in [0.29, 0.717) is 0 Å². The molecule has 0 aliphatic heterocycles. The van der Waals surface area contributed by atoms with E-state index in [1.165, 1.54) is 28.6 Å². The van der Waals surface area contributed by atoms with Crippen molar-refractivity contribution in [2.75, 3.05) is 20.3 Å². The molecule has 86 valence electrons. The predicted octanol–water partition coefficient (Wildman–Crippen LogP) is 3.42. The first-order valence-electron chi connectivity index (χ1n) is 5.25. The van der Waals surface area contributed by atoms with Crippen LogP contribution in [0.3, 0.4) is 0 Å². The molecule has 0 aromatic carbocycles. The van der Waals surface area contributed by atoms with Crippen molar-refractivity contribution in [2.24, 2.45) is 0 Å². The molecule has 0 saturated heterocycles. The van der Waals surface area contributed by atoms with Crippen molar-refractivity contribution in [1.82, 2.24) is 5.32 Å². The summed E-state index contributed by atoms with van der Waals surface area (Å²) < 4.78 is 6.20. The Hall–Kier alpha value is 0.100. The van der Waals surface area contributed by atoms with E-state index in [-0.39, 0.29) is 0 Å². The summed E-state index contributed by atoms with van der Waals surface area (Å²) in [5.74, 6) is 0. The molecule has 0 fully saturated rings. The van der Waals surface area contributed by atoms with Crippen LogP contribution in [-0.4, -0.2) is 20.3 Å². The second-order valence-corrected chi connectivity index (χ2v) is 5.78. The van der Waals surface area contributed by atoms with Gasteiger partial charge in [0.2, 0.25) is 0 Å². The molecule has 0 saturated carbocycles. The molecule has 4 heteroatoms. The van der Waals surface area contributed by atoms with Crippen molar-refractivity contribution >= 4 is 27.3 Å². The lowest BCUT2D eigenvalue weighted by atomic mass is 10.2. The zero-order valence-electron chi connectivity index (χ0n) is 9.09. The van der Waals surface area contributed by atoms with E-state index in [2.05, 4.69) is 32.7 Å². The standard InChI is InChI=1S/C11H18BrNOS/c1-14-6-4-2-3-5-13-8-10-7-11(12)15-9-10/h7,9,13H,2-6,8H2,1H3. The predicted molar refractivity (Wildman–Crippen MR) is 69.5 cm³/mol. The van der Waals surface area contributed by atoms with Crippen molar-refractivity contribution in [3.63, 3.8) is 0 Å². The Morgan fingerprint density at radius 1 is 1.40 bits per heavy atom. The molecule has 1 N–H and O–H groups in total. The highest BCUT2D eigenvalue weighted by Crippen LogP contribution is 2.20. The fourth-order valence-electron chi connectivity index (χ4n) is 1.34. The lowest BCUT2D eigenvalue weighted by Crippen LogP contribution is -2.14. The van der Waals surface area contributed by atoms with E-state index in [0.717, 1.165) is 19.7 Å². The number of thiophene rings is 1. The molecule has 0 bridgehead atoms. The average molecular weight is 292 g/mol. The molecule has 0 spiro atoms. The number of nitrogens with one attached hydrogen (secondary N) is 1. The minimum Gasteiger partial charge on any atom is -0.385 e. The van der Waals surface area contributed by atoms with E-state index in [1.807, 2.05) is 0 Å². The number of methoxy groups -OCH3 is 1. The van der Waals surface area contributed by atoms with Gasteiger partial charge < -0.3 is 10.1 Å². The van der Waals surface area contributed by atoms with E-state index >= 15 is 0 Å². The average Bonchev–Trinajstić information content (AvgIpc) is 2.63. The van der Waals surface area contributed by atoms with Gasteiger partial charge >= 0.3 is 0 Å². The Bertz CT molecular complexity index is 265. The van der Waals surface area contributed by atoms with Gasteiger partial charge in [0.25, 0.3) is 0 Å². The number of rotatable bonds is 8. The van der Waals surface area contributed by atoms with Gasteiger partial charge in [-0.1, -0.05) is 0 Å².